The van der Waals surface area contributed by atoms with Crippen LogP contribution in [0.1, 0.15) is 43.8 Å². The Hall–Kier alpha value is -1.66. The molecule has 3 N–H and O–H groups in total. The predicted octanol–water partition coefficient (Wildman–Crippen LogP) is 3.29. The van der Waals surface area contributed by atoms with Crippen LogP contribution in [0.5, 0.6) is 0 Å². The van der Waals surface area contributed by atoms with Crippen molar-refractivity contribution in [2.75, 3.05) is 5.32 Å². The van der Waals surface area contributed by atoms with Crippen LogP contribution in [0.2, 0.25) is 0 Å². The van der Waals surface area contributed by atoms with E-state index in [9.17, 15) is 9.59 Å². The second-order valence-electron chi connectivity index (χ2n) is 5.35. The van der Waals surface area contributed by atoms with E-state index in [-0.39, 0.29) is 5.91 Å². The van der Waals surface area contributed by atoms with E-state index in [2.05, 4.69) is 12.2 Å². The maximum absolute atomic E-state index is 12.2. The van der Waals surface area contributed by atoms with Gasteiger partial charge < -0.3 is 11.1 Å². The number of primary amides is 1. The van der Waals surface area contributed by atoms with Gasteiger partial charge in [-0.05, 0) is 42.2 Å². The third kappa shape index (κ3) is 2.73. The number of nitrogens with two attached hydrogens (primary N) is 1. The van der Waals surface area contributed by atoms with Gasteiger partial charge in [-0.25, -0.2) is 0 Å². The summed E-state index contributed by atoms with van der Waals surface area (Å²) < 4.78 is 0. The maximum atomic E-state index is 12.2. The Balaban J connectivity index is 1.95. The highest BCUT2D eigenvalue weighted by atomic mass is 32.1. The minimum absolute atomic E-state index is 0.181. The first-order valence-electron chi connectivity index (χ1n) is 6.85. The van der Waals surface area contributed by atoms with Gasteiger partial charge in [0.15, 0.2) is 0 Å². The zero-order valence-corrected chi connectivity index (χ0v) is 13.3. The minimum atomic E-state index is -0.455. The lowest BCUT2D eigenvalue weighted by atomic mass is 9.87. The second kappa shape index (κ2) is 5.61. The molecule has 1 aliphatic rings. The lowest BCUT2D eigenvalue weighted by Gasteiger charge is -2.18. The van der Waals surface area contributed by atoms with E-state index in [1.54, 1.807) is 6.07 Å². The number of hydrogen-bond donors (Lipinski definition) is 2. The fourth-order valence-corrected chi connectivity index (χ4v) is 4.54. The van der Waals surface area contributed by atoms with Crippen molar-refractivity contribution >= 4 is 39.5 Å². The summed E-state index contributed by atoms with van der Waals surface area (Å²) in [5.41, 5.74) is 7.08. The van der Waals surface area contributed by atoms with Gasteiger partial charge in [0, 0.05) is 4.88 Å². The molecular formula is C15H16N2O2S2. The molecule has 2 aromatic heterocycles. The number of anilines is 1. The normalized spacial score (nSPS) is 17.3. The average Bonchev–Trinajstić information content (AvgIpc) is 3.04. The highest BCUT2D eigenvalue weighted by Crippen LogP contribution is 2.39. The molecule has 21 heavy (non-hydrogen) atoms. The molecule has 1 aliphatic carbocycles. The number of amides is 2. The first-order valence-corrected chi connectivity index (χ1v) is 8.55. The largest absolute Gasteiger partial charge is 0.365 e. The molecule has 110 valence electrons. The lowest BCUT2D eigenvalue weighted by Crippen LogP contribution is -2.19. The van der Waals surface area contributed by atoms with Crippen molar-refractivity contribution in [1.82, 2.24) is 0 Å². The second-order valence-corrected chi connectivity index (χ2v) is 7.40. The van der Waals surface area contributed by atoms with Gasteiger partial charge >= 0.3 is 0 Å². The number of hydrogen-bond acceptors (Lipinski definition) is 4. The van der Waals surface area contributed by atoms with Gasteiger partial charge in [-0.1, -0.05) is 13.0 Å². The van der Waals surface area contributed by atoms with E-state index < -0.39 is 5.91 Å². The number of thiophene rings is 2. The van der Waals surface area contributed by atoms with Crippen molar-refractivity contribution in [1.29, 1.82) is 0 Å². The summed E-state index contributed by atoms with van der Waals surface area (Å²) in [6, 6.07) is 3.59. The Labute approximate surface area is 131 Å². The van der Waals surface area contributed by atoms with Crippen molar-refractivity contribution in [2.24, 2.45) is 11.7 Å². The van der Waals surface area contributed by atoms with E-state index >= 15 is 0 Å². The fourth-order valence-electron chi connectivity index (χ4n) is 2.68. The van der Waals surface area contributed by atoms with Gasteiger partial charge in [0.05, 0.1) is 10.4 Å². The molecule has 0 bridgehead atoms. The van der Waals surface area contributed by atoms with Gasteiger partial charge in [0.1, 0.15) is 5.00 Å². The summed E-state index contributed by atoms with van der Waals surface area (Å²) in [4.78, 5) is 25.8. The van der Waals surface area contributed by atoms with Crippen LogP contribution < -0.4 is 11.1 Å². The van der Waals surface area contributed by atoms with Crippen LogP contribution in [0.4, 0.5) is 5.00 Å². The Bertz CT molecular complexity index is 689. The summed E-state index contributed by atoms with van der Waals surface area (Å²) in [5, 5.41) is 5.30. The van der Waals surface area contributed by atoms with Gasteiger partial charge in [0.2, 0.25) is 0 Å². The molecule has 0 saturated carbocycles. The molecular weight excluding hydrogens is 304 g/mol. The number of carbonyl (C=O) groups excluding carboxylic acids is 2. The van der Waals surface area contributed by atoms with Crippen molar-refractivity contribution in [3.05, 3.63) is 38.4 Å². The molecule has 3 rings (SSSR count). The zero-order chi connectivity index (χ0) is 15.0. The average molecular weight is 320 g/mol. The first-order chi connectivity index (χ1) is 10.1. The van der Waals surface area contributed by atoms with Gasteiger partial charge in [-0.3, -0.25) is 9.59 Å². The number of nitrogens with one attached hydrogen (secondary N) is 1. The molecule has 0 aromatic carbocycles. The number of aryl methyl sites for hydroxylation is 1. The number of fused-ring (bicyclic) bond motifs is 1. The maximum Gasteiger partial charge on any atom is 0.266 e. The Morgan fingerprint density at radius 1 is 1.43 bits per heavy atom. The summed E-state index contributed by atoms with van der Waals surface area (Å²) in [5.74, 6) is -0.0896. The van der Waals surface area contributed by atoms with Crippen molar-refractivity contribution in [2.45, 2.75) is 26.2 Å². The van der Waals surface area contributed by atoms with E-state index in [0.29, 0.717) is 21.4 Å². The molecule has 0 saturated heterocycles. The third-order valence-corrected chi connectivity index (χ3v) is 5.80. The van der Waals surface area contributed by atoms with Crippen molar-refractivity contribution in [3.63, 3.8) is 0 Å². The van der Waals surface area contributed by atoms with Crippen LogP contribution in [0.3, 0.4) is 0 Å². The topological polar surface area (TPSA) is 72.2 Å². The highest BCUT2D eigenvalue weighted by Gasteiger charge is 2.27. The molecule has 0 fully saturated rings. The summed E-state index contributed by atoms with van der Waals surface area (Å²) >= 11 is 2.87. The van der Waals surface area contributed by atoms with Crippen LogP contribution in [0.15, 0.2) is 17.5 Å². The fraction of sp³-hybridized carbons (Fsp3) is 0.333. The molecule has 2 amide bonds. The minimum Gasteiger partial charge on any atom is -0.365 e. The van der Waals surface area contributed by atoms with Crippen LogP contribution in [0, 0.1) is 5.92 Å². The Morgan fingerprint density at radius 3 is 2.90 bits per heavy atom. The van der Waals surface area contributed by atoms with Crippen LogP contribution in [-0.2, 0) is 12.8 Å². The van der Waals surface area contributed by atoms with Crippen LogP contribution >= 0.6 is 22.7 Å². The van der Waals surface area contributed by atoms with Crippen molar-refractivity contribution in [3.8, 4) is 0 Å². The Morgan fingerprint density at radius 2 is 2.24 bits per heavy atom. The van der Waals surface area contributed by atoms with Gasteiger partial charge in [0.25, 0.3) is 11.8 Å². The molecule has 6 heteroatoms. The van der Waals surface area contributed by atoms with Crippen molar-refractivity contribution < 1.29 is 9.59 Å². The SMILES string of the molecule is C[C@H]1CCc2sc(NC(=O)c3cccs3)c(C(N)=O)c2C1. The van der Waals surface area contributed by atoms with Gasteiger partial charge in [-0.2, -0.15) is 0 Å². The summed E-state index contributed by atoms with van der Waals surface area (Å²) in [6.07, 6.45) is 2.93. The molecule has 0 aliphatic heterocycles. The van der Waals surface area contributed by atoms with E-state index in [0.717, 1.165) is 24.8 Å². The predicted molar refractivity (Wildman–Crippen MR) is 86.3 cm³/mol. The van der Waals surface area contributed by atoms with E-state index in [4.69, 9.17) is 5.73 Å². The molecule has 2 heterocycles. The molecule has 1 atom stereocenters. The van der Waals surface area contributed by atoms with E-state index in [1.807, 2.05) is 11.4 Å². The molecule has 4 nitrogen and oxygen atoms in total. The monoisotopic (exact) mass is 320 g/mol. The molecule has 2 aromatic rings. The molecule has 0 spiro atoms. The third-order valence-electron chi connectivity index (χ3n) is 3.73. The summed E-state index contributed by atoms with van der Waals surface area (Å²) in [6.45, 7) is 2.18. The molecule has 0 radical (unpaired) electrons. The zero-order valence-electron chi connectivity index (χ0n) is 11.6. The Kier molecular flexibility index (Phi) is 3.82. The van der Waals surface area contributed by atoms with Gasteiger partial charge in [-0.15, -0.1) is 22.7 Å². The number of carbonyl (C=O) groups is 2. The lowest BCUT2D eigenvalue weighted by molar-refractivity contribution is 0.1000. The van der Waals surface area contributed by atoms with Crippen LogP contribution in [-0.4, -0.2) is 11.8 Å². The quantitative estimate of drug-likeness (QED) is 0.911. The van der Waals surface area contributed by atoms with Crippen LogP contribution in [0.25, 0.3) is 0 Å². The first kappa shape index (κ1) is 14.3. The number of rotatable bonds is 3. The summed E-state index contributed by atoms with van der Waals surface area (Å²) in [7, 11) is 0. The standard InChI is InChI=1S/C15H16N2O2S2/c1-8-4-5-10-9(7-8)12(13(16)18)15(21-10)17-14(19)11-3-2-6-20-11/h2-3,6,8H,4-5,7H2,1H3,(H2,16,18)(H,17,19)/t8-/m0/s1. The molecule has 0 unspecified atom stereocenters. The van der Waals surface area contributed by atoms with E-state index in [1.165, 1.54) is 27.6 Å². The smallest absolute Gasteiger partial charge is 0.266 e. The highest BCUT2D eigenvalue weighted by molar-refractivity contribution is 7.17.